The van der Waals surface area contributed by atoms with Crippen molar-refractivity contribution in [3.05, 3.63) is 164 Å². The molecule has 0 radical (unpaired) electrons. The van der Waals surface area contributed by atoms with Gasteiger partial charge in [-0.25, -0.2) is 0 Å². The summed E-state index contributed by atoms with van der Waals surface area (Å²) in [5.41, 5.74) is 6.69. The molecule has 192 valence electrons. The largest absolute Gasteiger partial charge is 0.212 e. The first-order valence-electron chi connectivity index (χ1n) is 14.1. The number of benzene rings is 5. The highest BCUT2D eigenvalue weighted by molar-refractivity contribution is 7.19. The summed E-state index contributed by atoms with van der Waals surface area (Å²) in [6.07, 6.45) is 3.44. The van der Waals surface area contributed by atoms with Gasteiger partial charge in [-0.1, -0.05) is 147 Å². The molecule has 39 heavy (non-hydrogen) atoms. The number of hydrogen-bond donors (Lipinski definition) is 0. The molecule has 5 aromatic carbocycles. The molecule has 1 nitrogen and oxygen atoms in total. The van der Waals surface area contributed by atoms with E-state index in [0.717, 1.165) is 6.54 Å². The van der Waals surface area contributed by atoms with Crippen LogP contribution in [0.4, 0.5) is 0 Å². The SMILES string of the molecule is CCCC[n+]1cccc2ccccc21.c1ccc([B-](c2ccccc2)(c2ccccc2)c2ccccc2)cc1. The third-order valence-electron chi connectivity index (χ3n) is 7.74. The van der Waals surface area contributed by atoms with Gasteiger partial charge >= 0.3 is 0 Å². The van der Waals surface area contributed by atoms with Crippen LogP contribution in [0.2, 0.25) is 0 Å². The van der Waals surface area contributed by atoms with E-state index in [1.165, 1.54) is 45.6 Å². The molecule has 0 aliphatic heterocycles. The van der Waals surface area contributed by atoms with Crippen molar-refractivity contribution in [3.63, 3.8) is 0 Å². The minimum Gasteiger partial charge on any atom is -0.198 e. The van der Waals surface area contributed by atoms with Crippen LogP contribution in [0, 0.1) is 0 Å². The van der Waals surface area contributed by atoms with Crippen LogP contribution in [0.5, 0.6) is 0 Å². The maximum atomic E-state index is 2.33. The van der Waals surface area contributed by atoms with Crippen molar-refractivity contribution in [3.8, 4) is 0 Å². The highest BCUT2D eigenvalue weighted by Gasteiger charge is 2.31. The Labute approximate surface area is 233 Å². The van der Waals surface area contributed by atoms with Crippen LogP contribution >= 0.6 is 0 Å². The van der Waals surface area contributed by atoms with Gasteiger partial charge in [0.25, 0.3) is 0 Å². The molecule has 0 aliphatic carbocycles. The van der Waals surface area contributed by atoms with E-state index in [4.69, 9.17) is 0 Å². The maximum Gasteiger partial charge on any atom is 0.212 e. The van der Waals surface area contributed by atoms with Crippen LogP contribution in [-0.2, 0) is 6.54 Å². The van der Waals surface area contributed by atoms with Crippen molar-refractivity contribution in [1.82, 2.24) is 0 Å². The smallest absolute Gasteiger partial charge is 0.198 e. The van der Waals surface area contributed by atoms with E-state index in [1.54, 1.807) is 0 Å². The second-order valence-electron chi connectivity index (χ2n) is 10.1. The van der Waals surface area contributed by atoms with Gasteiger partial charge in [0.05, 0.1) is 0 Å². The summed E-state index contributed by atoms with van der Waals surface area (Å²) >= 11 is 0. The first-order valence-corrected chi connectivity index (χ1v) is 14.1. The monoisotopic (exact) mass is 505 g/mol. The number of aromatic nitrogens is 1. The van der Waals surface area contributed by atoms with Gasteiger partial charge in [0.1, 0.15) is 12.7 Å². The second kappa shape index (κ2) is 12.9. The third-order valence-corrected chi connectivity index (χ3v) is 7.74. The zero-order valence-corrected chi connectivity index (χ0v) is 22.7. The number of fused-ring (bicyclic) bond motifs is 1. The van der Waals surface area contributed by atoms with Gasteiger partial charge in [0.15, 0.2) is 6.20 Å². The van der Waals surface area contributed by atoms with Crippen LogP contribution in [0.25, 0.3) is 10.9 Å². The minimum atomic E-state index is -1.22. The average molecular weight is 506 g/mol. The molecular formula is C37H36BN. The van der Waals surface area contributed by atoms with Crippen LogP contribution in [0.1, 0.15) is 19.8 Å². The van der Waals surface area contributed by atoms with Gasteiger partial charge in [0, 0.05) is 23.9 Å². The summed E-state index contributed by atoms with van der Waals surface area (Å²) in [5.74, 6) is 0. The Hall–Kier alpha value is -4.43. The molecule has 2 heteroatoms. The topological polar surface area (TPSA) is 3.88 Å². The number of para-hydroxylation sites is 1. The zero-order valence-electron chi connectivity index (χ0n) is 22.7. The highest BCUT2D eigenvalue weighted by atomic mass is 14.9. The number of pyridine rings is 1. The van der Waals surface area contributed by atoms with Gasteiger partial charge in [-0.15, -0.1) is 0 Å². The number of aryl methyl sites for hydroxylation is 1. The number of unbranched alkanes of at least 4 members (excludes halogenated alkanes) is 1. The molecule has 1 aromatic heterocycles. The molecule has 6 aromatic rings. The predicted molar refractivity (Wildman–Crippen MR) is 169 cm³/mol. The van der Waals surface area contributed by atoms with E-state index in [1.807, 2.05) is 0 Å². The number of nitrogens with zero attached hydrogens (tertiary/aromatic N) is 1. The van der Waals surface area contributed by atoms with E-state index in [0.29, 0.717) is 0 Å². The van der Waals surface area contributed by atoms with E-state index >= 15 is 0 Å². The third kappa shape index (κ3) is 5.71. The summed E-state index contributed by atoms with van der Waals surface area (Å²) in [6.45, 7) is 3.35. The first-order chi connectivity index (χ1) is 19.3. The van der Waals surface area contributed by atoms with Crippen LogP contribution < -0.4 is 26.4 Å². The molecule has 0 atom stereocenters. The summed E-state index contributed by atoms with van der Waals surface area (Å²) in [4.78, 5) is 0. The molecule has 0 saturated heterocycles. The van der Waals surface area contributed by atoms with E-state index in [-0.39, 0.29) is 0 Å². The summed E-state index contributed by atoms with van der Waals surface area (Å²) < 4.78 is 2.33. The van der Waals surface area contributed by atoms with Crippen LogP contribution in [0.3, 0.4) is 0 Å². The molecule has 0 aliphatic rings. The van der Waals surface area contributed by atoms with Crippen molar-refractivity contribution >= 4 is 38.9 Å². The Kier molecular flexibility index (Phi) is 8.66. The fourth-order valence-corrected chi connectivity index (χ4v) is 5.87. The Morgan fingerprint density at radius 2 is 0.846 bits per heavy atom. The van der Waals surface area contributed by atoms with E-state index < -0.39 is 6.15 Å². The Morgan fingerprint density at radius 1 is 0.462 bits per heavy atom. The molecule has 0 N–H and O–H groups in total. The van der Waals surface area contributed by atoms with E-state index in [2.05, 4.69) is 175 Å². The van der Waals surface area contributed by atoms with Crippen LogP contribution in [-0.4, -0.2) is 6.15 Å². The van der Waals surface area contributed by atoms with Gasteiger partial charge < -0.3 is 0 Å². The van der Waals surface area contributed by atoms with Gasteiger partial charge in [0.2, 0.25) is 5.52 Å². The number of rotatable bonds is 7. The molecule has 0 saturated carbocycles. The van der Waals surface area contributed by atoms with Crippen molar-refractivity contribution in [2.75, 3.05) is 0 Å². The lowest BCUT2D eigenvalue weighted by Gasteiger charge is -2.44. The Balaban J connectivity index is 0.000000186. The van der Waals surface area contributed by atoms with Gasteiger partial charge in [-0.2, -0.15) is 26.4 Å². The van der Waals surface area contributed by atoms with Crippen LogP contribution in [0.15, 0.2) is 164 Å². The van der Waals surface area contributed by atoms with Gasteiger partial charge in [-0.05, 0) is 12.1 Å². The summed E-state index contributed by atoms with van der Waals surface area (Å²) in [6, 6.07) is 56.4. The maximum absolute atomic E-state index is 2.33. The lowest BCUT2D eigenvalue weighted by molar-refractivity contribution is -0.671. The zero-order chi connectivity index (χ0) is 26.8. The average Bonchev–Trinajstić information content (AvgIpc) is 3.03. The first kappa shape index (κ1) is 26.2. The Morgan fingerprint density at radius 3 is 1.28 bits per heavy atom. The fourth-order valence-electron chi connectivity index (χ4n) is 5.87. The molecule has 0 spiro atoms. The molecule has 6 rings (SSSR count). The van der Waals surface area contributed by atoms with Crippen molar-refractivity contribution < 1.29 is 4.57 Å². The van der Waals surface area contributed by atoms with E-state index in [9.17, 15) is 0 Å². The predicted octanol–water partition coefficient (Wildman–Crippen LogP) is 5.99. The summed E-state index contributed by atoms with van der Waals surface area (Å²) in [7, 11) is 0. The molecule has 0 unspecified atom stereocenters. The highest BCUT2D eigenvalue weighted by Crippen LogP contribution is 2.10. The summed E-state index contributed by atoms with van der Waals surface area (Å²) in [5, 5.41) is 1.33. The lowest BCUT2D eigenvalue weighted by Crippen LogP contribution is -2.74. The lowest BCUT2D eigenvalue weighted by atomic mass is 9.13. The molecule has 0 amide bonds. The molecule has 0 bridgehead atoms. The van der Waals surface area contributed by atoms with Crippen molar-refractivity contribution in [2.24, 2.45) is 0 Å². The Bertz CT molecular complexity index is 1400. The fraction of sp³-hybridized carbons (Fsp3) is 0.108. The van der Waals surface area contributed by atoms with Gasteiger partial charge in [-0.3, -0.25) is 0 Å². The number of hydrogen-bond acceptors (Lipinski definition) is 0. The standard InChI is InChI=1S/C24H20B.C13H16N/c1-5-13-21(14-6-1)25(22-15-7-2-8-16-22,23-17-9-3-10-18-23)24-19-11-4-12-20-24;1-2-3-10-14-11-6-8-12-7-4-5-9-13(12)14/h1-20H;4-9,11H,2-3,10H2,1H3/q-1;+1. The molecule has 1 heterocycles. The molecular weight excluding hydrogens is 469 g/mol. The minimum absolute atomic E-state index is 1.12. The second-order valence-corrected chi connectivity index (χ2v) is 10.1. The van der Waals surface area contributed by atoms with Crippen molar-refractivity contribution in [1.29, 1.82) is 0 Å². The molecule has 0 fully saturated rings. The normalized spacial score (nSPS) is 11.0. The van der Waals surface area contributed by atoms with Crippen molar-refractivity contribution in [2.45, 2.75) is 26.3 Å². The quantitative estimate of drug-likeness (QED) is 0.185.